The SMILES string of the molecule is Nc1ccc(C2=CCC(N)(c3ccccc3CCO)C=C2)cc1. The van der Waals surface area contributed by atoms with E-state index in [9.17, 15) is 5.11 Å². The summed E-state index contributed by atoms with van der Waals surface area (Å²) in [6, 6.07) is 15.9. The summed E-state index contributed by atoms with van der Waals surface area (Å²) < 4.78 is 0. The summed E-state index contributed by atoms with van der Waals surface area (Å²) in [7, 11) is 0. The van der Waals surface area contributed by atoms with Crippen LogP contribution in [0.1, 0.15) is 23.1 Å². The molecule has 1 unspecified atom stereocenters. The van der Waals surface area contributed by atoms with E-state index < -0.39 is 5.54 Å². The van der Waals surface area contributed by atoms with Crippen LogP contribution in [0.5, 0.6) is 0 Å². The van der Waals surface area contributed by atoms with Crippen molar-refractivity contribution in [2.75, 3.05) is 12.3 Å². The fourth-order valence-electron chi connectivity index (χ4n) is 3.06. The predicted molar refractivity (Wildman–Crippen MR) is 95.7 cm³/mol. The molecule has 0 bridgehead atoms. The molecule has 118 valence electrons. The second kappa shape index (κ2) is 6.41. The van der Waals surface area contributed by atoms with Gasteiger partial charge in [-0.1, -0.05) is 54.6 Å². The second-order valence-corrected chi connectivity index (χ2v) is 5.99. The van der Waals surface area contributed by atoms with Gasteiger partial charge in [-0.3, -0.25) is 0 Å². The van der Waals surface area contributed by atoms with E-state index in [4.69, 9.17) is 11.5 Å². The van der Waals surface area contributed by atoms with Gasteiger partial charge in [-0.2, -0.15) is 0 Å². The van der Waals surface area contributed by atoms with E-state index in [1.54, 1.807) is 0 Å². The number of benzene rings is 2. The molecule has 2 aromatic rings. The maximum Gasteiger partial charge on any atom is 0.0636 e. The highest BCUT2D eigenvalue weighted by Crippen LogP contribution is 2.34. The Balaban J connectivity index is 1.87. The lowest BCUT2D eigenvalue weighted by atomic mass is 9.79. The molecular formula is C20H22N2O. The van der Waals surface area contributed by atoms with E-state index in [1.807, 2.05) is 42.5 Å². The highest BCUT2D eigenvalue weighted by Gasteiger charge is 2.27. The van der Waals surface area contributed by atoms with Crippen LogP contribution in [0.2, 0.25) is 0 Å². The molecule has 0 aliphatic heterocycles. The standard InChI is InChI=1S/C20H22N2O/c21-18-7-5-15(6-8-18)16-9-12-20(22,13-10-16)19-4-2-1-3-17(19)11-14-23/h1-10,12,23H,11,13-14,21-22H2. The Bertz CT molecular complexity index is 746. The average Bonchev–Trinajstić information content (AvgIpc) is 2.57. The van der Waals surface area contributed by atoms with Crippen molar-refractivity contribution in [2.45, 2.75) is 18.4 Å². The third-order valence-electron chi connectivity index (χ3n) is 4.36. The topological polar surface area (TPSA) is 72.3 Å². The molecule has 23 heavy (non-hydrogen) atoms. The summed E-state index contributed by atoms with van der Waals surface area (Å²) in [5, 5.41) is 9.26. The predicted octanol–water partition coefficient (Wildman–Crippen LogP) is 3.00. The van der Waals surface area contributed by atoms with Crippen LogP contribution in [0.4, 0.5) is 5.69 Å². The van der Waals surface area contributed by atoms with Gasteiger partial charge in [-0.05, 0) is 47.2 Å². The second-order valence-electron chi connectivity index (χ2n) is 5.99. The number of hydrogen-bond acceptors (Lipinski definition) is 3. The van der Waals surface area contributed by atoms with Gasteiger partial charge >= 0.3 is 0 Å². The summed E-state index contributed by atoms with van der Waals surface area (Å²) in [5.74, 6) is 0. The number of rotatable bonds is 4. The summed E-state index contributed by atoms with van der Waals surface area (Å²) in [6.45, 7) is 0.128. The van der Waals surface area contributed by atoms with Crippen LogP contribution in [0.3, 0.4) is 0 Å². The maximum atomic E-state index is 9.26. The average molecular weight is 306 g/mol. The van der Waals surface area contributed by atoms with E-state index in [0.717, 1.165) is 34.4 Å². The largest absolute Gasteiger partial charge is 0.399 e. The monoisotopic (exact) mass is 306 g/mol. The Morgan fingerprint density at radius 2 is 1.78 bits per heavy atom. The van der Waals surface area contributed by atoms with Crippen molar-refractivity contribution in [1.82, 2.24) is 0 Å². The van der Waals surface area contributed by atoms with Gasteiger partial charge in [0.15, 0.2) is 0 Å². The molecule has 3 nitrogen and oxygen atoms in total. The van der Waals surface area contributed by atoms with E-state index in [1.165, 1.54) is 0 Å². The molecule has 1 aliphatic rings. The smallest absolute Gasteiger partial charge is 0.0636 e. The summed E-state index contributed by atoms with van der Waals surface area (Å²) in [6.07, 6.45) is 7.66. The fourth-order valence-corrected chi connectivity index (χ4v) is 3.06. The van der Waals surface area contributed by atoms with Crippen LogP contribution in [0.15, 0.2) is 66.8 Å². The maximum absolute atomic E-state index is 9.26. The molecule has 0 heterocycles. The molecule has 0 amide bonds. The summed E-state index contributed by atoms with van der Waals surface area (Å²) in [4.78, 5) is 0. The minimum atomic E-state index is -0.525. The minimum absolute atomic E-state index is 0.128. The third-order valence-corrected chi connectivity index (χ3v) is 4.36. The van der Waals surface area contributed by atoms with Crippen molar-refractivity contribution in [3.63, 3.8) is 0 Å². The molecule has 0 saturated heterocycles. The molecule has 0 radical (unpaired) electrons. The van der Waals surface area contributed by atoms with Crippen molar-refractivity contribution < 1.29 is 5.11 Å². The van der Waals surface area contributed by atoms with Crippen molar-refractivity contribution in [3.8, 4) is 0 Å². The first kappa shape index (κ1) is 15.5. The van der Waals surface area contributed by atoms with Crippen molar-refractivity contribution in [1.29, 1.82) is 0 Å². The fraction of sp³-hybridized carbons (Fsp3) is 0.200. The van der Waals surface area contributed by atoms with Gasteiger partial charge in [0.1, 0.15) is 0 Å². The molecule has 0 fully saturated rings. The van der Waals surface area contributed by atoms with Gasteiger partial charge in [0.25, 0.3) is 0 Å². The molecule has 0 saturated carbocycles. The van der Waals surface area contributed by atoms with Gasteiger partial charge in [0.05, 0.1) is 5.54 Å². The van der Waals surface area contributed by atoms with Crippen molar-refractivity contribution >= 4 is 11.3 Å². The Hall–Kier alpha value is -2.36. The molecule has 2 aromatic carbocycles. The molecule has 0 aromatic heterocycles. The lowest BCUT2D eigenvalue weighted by molar-refractivity contribution is 0.298. The summed E-state index contributed by atoms with van der Waals surface area (Å²) >= 11 is 0. The number of nitrogens with two attached hydrogens (primary N) is 2. The van der Waals surface area contributed by atoms with Gasteiger partial charge in [-0.15, -0.1) is 0 Å². The van der Waals surface area contributed by atoms with Crippen LogP contribution in [0.25, 0.3) is 5.57 Å². The Morgan fingerprint density at radius 1 is 1.04 bits per heavy atom. The third kappa shape index (κ3) is 3.21. The Kier molecular flexibility index (Phi) is 4.33. The zero-order chi connectivity index (χ0) is 16.3. The molecule has 1 atom stereocenters. The zero-order valence-corrected chi connectivity index (χ0v) is 13.1. The first-order valence-corrected chi connectivity index (χ1v) is 7.86. The quantitative estimate of drug-likeness (QED) is 0.760. The summed E-state index contributed by atoms with van der Waals surface area (Å²) in [5.41, 5.74) is 17.1. The molecule has 0 spiro atoms. The van der Waals surface area contributed by atoms with Gasteiger partial charge in [0, 0.05) is 12.3 Å². The highest BCUT2D eigenvalue weighted by molar-refractivity contribution is 5.76. The lowest BCUT2D eigenvalue weighted by Crippen LogP contribution is -2.36. The van der Waals surface area contributed by atoms with E-state index in [0.29, 0.717) is 6.42 Å². The van der Waals surface area contributed by atoms with Gasteiger partial charge in [0.2, 0.25) is 0 Å². The van der Waals surface area contributed by atoms with E-state index in [-0.39, 0.29) is 6.61 Å². The number of allylic oxidation sites excluding steroid dienone is 2. The first-order valence-electron chi connectivity index (χ1n) is 7.86. The number of anilines is 1. The molecular weight excluding hydrogens is 284 g/mol. The number of aliphatic hydroxyl groups excluding tert-OH is 1. The van der Waals surface area contributed by atoms with E-state index in [2.05, 4.69) is 24.3 Å². The minimum Gasteiger partial charge on any atom is -0.399 e. The highest BCUT2D eigenvalue weighted by atomic mass is 16.2. The van der Waals surface area contributed by atoms with Crippen LogP contribution in [0, 0.1) is 0 Å². The Morgan fingerprint density at radius 3 is 2.43 bits per heavy atom. The normalized spacial score (nSPS) is 20.3. The van der Waals surface area contributed by atoms with Gasteiger partial charge in [-0.25, -0.2) is 0 Å². The van der Waals surface area contributed by atoms with E-state index >= 15 is 0 Å². The molecule has 1 aliphatic carbocycles. The lowest BCUT2D eigenvalue weighted by Gasteiger charge is -2.30. The van der Waals surface area contributed by atoms with Crippen LogP contribution in [-0.2, 0) is 12.0 Å². The molecule has 3 heteroatoms. The van der Waals surface area contributed by atoms with Crippen molar-refractivity contribution in [2.24, 2.45) is 5.73 Å². The first-order chi connectivity index (χ1) is 11.1. The number of hydrogen-bond donors (Lipinski definition) is 3. The van der Waals surface area contributed by atoms with Crippen LogP contribution >= 0.6 is 0 Å². The van der Waals surface area contributed by atoms with Gasteiger partial charge < -0.3 is 16.6 Å². The zero-order valence-electron chi connectivity index (χ0n) is 13.1. The molecule has 5 N–H and O–H groups in total. The van der Waals surface area contributed by atoms with Crippen LogP contribution in [-0.4, -0.2) is 11.7 Å². The van der Waals surface area contributed by atoms with Crippen molar-refractivity contribution in [3.05, 3.63) is 83.4 Å². The number of nitrogen functional groups attached to an aromatic ring is 1. The molecule has 3 rings (SSSR count). The number of aliphatic hydroxyl groups is 1. The van der Waals surface area contributed by atoms with Crippen LogP contribution < -0.4 is 11.5 Å². The Labute approximate surface area is 136 Å².